The minimum Gasteiger partial charge on any atom is -0.481 e. The Kier molecular flexibility index (Phi) is 11.7. The van der Waals surface area contributed by atoms with Crippen LogP contribution >= 0.6 is 11.8 Å². The van der Waals surface area contributed by atoms with Gasteiger partial charge in [0.1, 0.15) is 12.1 Å². The van der Waals surface area contributed by atoms with Crippen molar-refractivity contribution in [2.24, 2.45) is 11.7 Å². The first-order valence-electron chi connectivity index (χ1n) is 8.38. The predicted octanol–water partition coefficient (Wildman–Crippen LogP) is 0.0319. The summed E-state index contributed by atoms with van der Waals surface area (Å²) in [5.41, 5.74) is 5.65. The number of thioether (sulfide) groups is 1. The maximum absolute atomic E-state index is 12.4. The maximum atomic E-state index is 12.4. The number of aliphatic carboxylic acids is 2. The van der Waals surface area contributed by atoms with E-state index in [0.29, 0.717) is 12.2 Å². The number of nitrogens with one attached hydrogen (secondary N) is 2. The maximum Gasteiger partial charge on any atom is 0.326 e. The highest BCUT2D eigenvalue weighted by Crippen LogP contribution is 2.07. The Balaban J connectivity index is 4.93. The van der Waals surface area contributed by atoms with E-state index in [4.69, 9.17) is 10.8 Å². The number of hydrogen-bond acceptors (Lipinski definition) is 6. The minimum absolute atomic E-state index is 0.0524. The van der Waals surface area contributed by atoms with Crippen molar-refractivity contribution < 1.29 is 29.4 Å². The topological polar surface area (TPSA) is 159 Å². The van der Waals surface area contributed by atoms with E-state index in [2.05, 4.69) is 10.6 Å². The molecule has 0 aromatic heterocycles. The van der Waals surface area contributed by atoms with Crippen LogP contribution in [0.15, 0.2) is 0 Å². The molecule has 3 atom stereocenters. The largest absolute Gasteiger partial charge is 0.481 e. The van der Waals surface area contributed by atoms with Crippen molar-refractivity contribution >= 4 is 35.5 Å². The molecule has 0 aromatic carbocycles. The number of rotatable bonds is 13. The molecule has 0 aromatic rings. The molecule has 0 fully saturated rings. The smallest absolute Gasteiger partial charge is 0.326 e. The number of carbonyl (C=O) groups excluding carboxylic acids is 2. The Hall–Kier alpha value is -1.81. The average Bonchev–Trinajstić information content (AvgIpc) is 2.54. The fraction of sp³-hybridized carbons (Fsp3) is 0.750. The van der Waals surface area contributed by atoms with Gasteiger partial charge in [-0.05, 0) is 37.2 Å². The van der Waals surface area contributed by atoms with Crippen LogP contribution in [0.2, 0.25) is 0 Å². The molecular formula is C16H29N3O6S. The summed E-state index contributed by atoms with van der Waals surface area (Å²) in [6.07, 6.45) is 2.10. The summed E-state index contributed by atoms with van der Waals surface area (Å²) in [7, 11) is 0. The summed E-state index contributed by atoms with van der Waals surface area (Å²) in [4.78, 5) is 46.4. The van der Waals surface area contributed by atoms with Crippen LogP contribution in [0.1, 0.15) is 39.5 Å². The molecule has 150 valence electrons. The molecule has 2 amide bonds. The summed E-state index contributed by atoms with van der Waals surface area (Å²) in [5.74, 6) is -2.79. The molecule has 10 heteroatoms. The fourth-order valence-corrected chi connectivity index (χ4v) is 2.63. The van der Waals surface area contributed by atoms with Gasteiger partial charge in [-0.1, -0.05) is 13.8 Å². The number of carbonyl (C=O) groups is 4. The van der Waals surface area contributed by atoms with Gasteiger partial charge in [0.25, 0.3) is 0 Å². The fourth-order valence-electron chi connectivity index (χ4n) is 2.16. The molecule has 0 aliphatic carbocycles. The van der Waals surface area contributed by atoms with Crippen LogP contribution in [0.4, 0.5) is 0 Å². The molecule has 0 radical (unpaired) electrons. The van der Waals surface area contributed by atoms with E-state index in [-0.39, 0.29) is 25.2 Å². The Labute approximate surface area is 157 Å². The SMILES string of the molecule is CSCC[C@H](NC(=O)[C@@H](N)CCC(=O)O)C(=O)N[C@@H](CC(C)C)C(=O)O. The van der Waals surface area contributed by atoms with Crippen molar-refractivity contribution in [3.8, 4) is 0 Å². The number of hydrogen-bond donors (Lipinski definition) is 5. The second-order valence-corrected chi connectivity index (χ2v) is 7.40. The number of amides is 2. The van der Waals surface area contributed by atoms with Crippen molar-refractivity contribution in [1.29, 1.82) is 0 Å². The zero-order chi connectivity index (χ0) is 20.3. The lowest BCUT2D eigenvalue weighted by Gasteiger charge is -2.23. The van der Waals surface area contributed by atoms with Gasteiger partial charge in [0.2, 0.25) is 11.8 Å². The number of nitrogens with two attached hydrogens (primary N) is 1. The predicted molar refractivity (Wildman–Crippen MR) is 98.8 cm³/mol. The van der Waals surface area contributed by atoms with Gasteiger partial charge >= 0.3 is 11.9 Å². The minimum atomic E-state index is -1.14. The van der Waals surface area contributed by atoms with Gasteiger partial charge in [-0.2, -0.15) is 11.8 Å². The summed E-state index contributed by atoms with van der Waals surface area (Å²) >= 11 is 1.48. The van der Waals surface area contributed by atoms with Crippen molar-refractivity contribution in [1.82, 2.24) is 10.6 Å². The first kappa shape index (κ1) is 24.2. The highest BCUT2D eigenvalue weighted by atomic mass is 32.2. The van der Waals surface area contributed by atoms with E-state index in [1.54, 1.807) is 0 Å². The van der Waals surface area contributed by atoms with Gasteiger partial charge in [0.05, 0.1) is 6.04 Å². The van der Waals surface area contributed by atoms with Crippen LogP contribution in [-0.4, -0.2) is 64.1 Å². The first-order valence-corrected chi connectivity index (χ1v) is 9.77. The van der Waals surface area contributed by atoms with Gasteiger partial charge in [0.15, 0.2) is 0 Å². The van der Waals surface area contributed by atoms with Crippen LogP contribution in [0.3, 0.4) is 0 Å². The summed E-state index contributed by atoms with van der Waals surface area (Å²) in [6, 6.07) is -3.03. The van der Waals surface area contributed by atoms with Crippen molar-refractivity contribution in [2.45, 2.75) is 57.7 Å². The molecule has 6 N–H and O–H groups in total. The second-order valence-electron chi connectivity index (χ2n) is 6.41. The van der Waals surface area contributed by atoms with E-state index in [9.17, 15) is 24.3 Å². The van der Waals surface area contributed by atoms with Gasteiger partial charge in [-0.15, -0.1) is 0 Å². The van der Waals surface area contributed by atoms with Crippen LogP contribution in [0.5, 0.6) is 0 Å². The molecule has 0 aliphatic heterocycles. The van der Waals surface area contributed by atoms with Gasteiger partial charge < -0.3 is 26.6 Å². The monoisotopic (exact) mass is 391 g/mol. The van der Waals surface area contributed by atoms with E-state index in [1.165, 1.54) is 11.8 Å². The summed E-state index contributed by atoms with van der Waals surface area (Å²) < 4.78 is 0. The quantitative estimate of drug-likeness (QED) is 0.294. The van der Waals surface area contributed by atoms with Crippen LogP contribution in [0, 0.1) is 5.92 Å². The molecule has 9 nitrogen and oxygen atoms in total. The zero-order valence-corrected chi connectivity index (χ0v) is 16.2. The van der Waals surface area contributed by atoms with Gasteiger partial charge in [-0.3, -0.25) is 14.4 Å². The normalized spacial score (nSPS) is 14.3. The molecule has 0 bridgehead atoms. The molecule has 0 heterocycles. The lowest BCUT2D eigenvalue weighted by Crippen LogP contribution is -2.54. The first-order chi connectivity index (χ1) is 12.1. The number of carboxylic acids is 2. The molecule has 0 unspecified atom stereocenters. The molecule has 0 saturated heterocycles. The Bertz CT molecular complexity index is 500. The van der Waals surface area contributed by atoms with E-state index >= 15 is 0 Å². The van der Waals surface area contributed by atoms with Gasteiger partial charge in [0, 0.05) is 6.42 Å². The summed E-state index contributed by atoms with van der Waals surface area (Å²) in [6.45, 7) is 3.69. The lowest BCUT2D eigenvalue weighted by atomic mass is 10.0. The zero-order valence-electron chi connectivity index (χ0n) is 15.4. The third kappa shape index (κ3) is 10.2. The molecule has 0 saturated carbocycles. The Morgan fingerprint density at radius 1 is 1.00 bits per heavy atom. The Morgan fingerprint density at radius 2 is 1.58 bits per heavy atom. The van der Waals surface area contributed by atoms with Crippen LogP contribution < -0.4 is 16.4 Å². The van der Waals surface area contributed by atoms with Crippen LogP contribution in [-0.2, 0) is 19.2 Å². The average molecular weight is 391 g/mol. The van der Waals surface area contributed by atoms with E-state index < -0.39 is 41.9 Å². The van der Waals surface area contributed by atoms with Crippen molar-refractivity contribution in [2.75, 3.05) is 12.0 Å². The molecular weight excluding hydrogens is 362 g/mol. The number of carboxylic acid groups (broad SMARTS) is 2. The van der Waals surface area contributed by atoms with Crippen molar-refractivity contribution in [3.63, 3.8) is 0 Å². The van der Waals surface area contributed by atoms with E-state index in [0.717, 1.165) is 0 Å². The lowest BCUT2D eigenvalue weighted by molar-refractivity contribution is -0.142. The molecule has 0 rings (SSSR count). The highest BCUT2D eigenvalue weighted by molar-refractivity contribution is 7.98. The van der Waals surface area contributed by atoms with Crippen LogP contribution in [0.25, 0.3) is 0 Å². The highest BCUT2D eigenvalue weighted by Gasteiger charge is 2.28. The Morgan fingerprint density at radius 3 is 2.04 bits per heavy atom. The molecule has 0 spiro atoms. The van der Waals surface area contributed by atoms with E-state index in [1.807, 2.05) is 20.1 Å². The second kappa shape index (κ2) is 12.5. The molecule has 26 heavy (non-hydrogen) atoms. The third-order valence-electron chi connectivity index (χ3n) is 3.57. The van der Waals surface area contributed by atoms with Crippen molar-refractivity contribution in [3.05, 3.63) is 0 Å². The third-order valence-corrected chi connectivity index (χ3v) is 4.22. The molecule has 0 aliphatic rings. The van der Waals surface area contributed by atoms with Gasteiger partial charge in [-0.25, -0.2) is 4.79 Å². The summed E-state index contributed by atoms with van der Waals surface area (Å²) in [5, 5.41) is 22.8. The standard InChI is InChI=1S/C16H29N3O6S/c1-9(2)8-12(16(24)25)19-15(23)11(6-7-26-3)18-14(22)10(17)4-5-13(20)21/h9-12H,4-8,17H2,1-3H3,(H,18,22)(H,19,23)(H,20,21)(H,24,25)/t10-,11-,12-/m0/s1.